The minimum Gasteiger partial charge on any atom is -0.455 e. The fourth-order valence-corrected chi connectivity index (χ4v) is 2.18. The minimum atomic E-state index is -0.847. The van der Waals surface area contributed by atoms with E-state index in [-0.39, 0.29) is 5.78 Å². The Morgan fingerprint density at radius 1 is 1.25 bits per heavy atom. The second-order valence-electron chi connectivity index (χ2n) is 5.99. The molecule has 1 aliphatic heterocycles. The molecule has 6 heteroatoms. The van der Waals surface area contributed by atoms with Gasteiger partial charge in [-0.25, -0.2) is 4.79 Å². The molecule has 0 aromatic carbocycles. The topological polar surface area (TPSA) is 72.9 Å². The van der Waals surface area contributed by atoms with Crippen molar-refractivity contribution in [3.63, 3.8) is 0 Å². The second kappa shape index (κ2) is 6.24. The number of ether oxygens (including phenoxy) is 2. The van der Waals surface area contributed by atoms with Crippen LogP contribution in [0.25, 0.3) is 0 Å². The van der Waals surface area contributed by atoms with Crippen LogP contribution in [0, 0.1) is 0 Å². The van der Waals surface area contributed by atoms with E-state index >= 15 is 0 Å². The summed E-state index contributed by atoms with van der Waals surface area (Å²) in [6, 6.07) is -0.570. The van der Waals surface area contributed by atoms with Gasteiger partial charge in [-0.05, 0) is 40.5 Å². The van der Waals surface area contributed by atoms with Crippen molar-refractivity contribution in [2.24, 2.45) is 0 Å². The Morgan fingerprint density at radius 3 is 2.35 bits per heavy atom. The van der Waals surface area contributed by atoms with E-state index in [0.29, 0.717) is 13.0 Å². The van der Waals surface area contributed by atoms with Gasteiger partial charge in [0.2, 0.25) is 0 Å². The third kappa shape index (κ3) is 4.51. The Hall–Kier alpha value is -1.59. The van der Waals surface area contributed by atoms with Crippen molar-refractivity contribution in [1.82, 2.24) is 4.90 Å². The summed E-state index contributed by atoms with van der Waals surface area (Å²) in [6.45, 7) is 8.59. The highest BCUT2D eigenvalue weighted by molar-refractivity contribution is 5.92. The van der Waals surface area contributed by atoms with E-state index < -0.39 is 29.8 Å². The lowest BCUT2D eigenvalue weighted by Gasteiger charge is -2.28. The van der Waals surface area contributed by atoms with E-state index in [0.717, 1.165) is 6.42 Å². The van der Waals surface area contributed by atoms with Crippen molar-refractivity contribution in [2.75, 3.05) is 6.54 Å². The number of amides is 1. The van der Waals surface area contributed by atoms with Crippen LogP contribution in [0.1, 0.15) is 47.5 Å². The van der Waals surface area contributed by atoms with Gasteiger partial charge in [0.1, 0.15) is 5.60 Å². The molecule has 20 heavy (non-hydrogen) atoms. The predicted molar refractivity (Wildman–Crippen MR) is 72.2 cm³/mol. The van der Waals surface area contributed by atoms with Crippen LogP contribution in [0.5, 0.6) is 0 Å². The summed E-state index contributed by atoms with van der Waals surface area (Å²) in [5, 5.41) is 0. The van der Waals surface area contributed by atoms with E-state index in [4.69, 9.17) is 9.47 Å². The largest absolute Gasteiger partial charge is 0.455 e. The molecule has 1 aliphatic rings. The standard InChI is InChI=1S/C14H23NO5/c1-9(19-10(2)16)12(17)11-7-6-8-15(11)13(18)20-14(3,4)5/h9,11H,6-8H2,1-5H3/t9-,11?/m0/s1. The summed E-state index contributed by atoms with van der Waals surface area (Å²) < 4.78 is 10.2. The molecule has 2 atom stereocenters. The molecule has 6 nitrogen and oxygen atoms in total. The van der Waals surface area contributed by atoms with Gasteiger partial charge in [0.25, 0.3) is 0 Å². The first-order valence-electron chi connectivity index (χ1n) is 6.82. The quantitative estimate of drug-likeness (QED) is 0.741. The highest BCUT2D eigenvalue weighted by Gasteiger charge is 2.38. The number of Topliss-reactive ketones (excluding diaryl/α,β-unsaturated/α-hetero) is 1. The lowest BCUT2D eigenvalue weighted by Crippen LogP contribution is -2.46. The Balaban J connectivity index is 2.71. The molecule has 0 aromatic rings. The number of rotatable bonds is 3. The van der Waals surface area contributed by atoms with Crippen molar-refractivity contribution in [3.8, 4) is 0 Å². The molecule has 0 bridgehead atoms. The fraction of sp³-hybridized carbons (Fsp3) is 0.786. The van der Waals surface area contributed by atoms with Crippen molar-refractivity contribution >= 4 is 17.8 Å². The normalized spacial score (nSPS) is 20.4. The zero-order chi connectivity index (χ0) is 15.5. The third-order valence-corrected chi connectivity index (χ3v) is 2.95. The number of hydrogen-bond acceptors (Lipinski definition) is 5. The summed E-state index contributed by atoms with van der Waals surface area (Å²) in [7, 11) is 0. The number of hydrogen-bond donors (Lipinski definition) is 0. The van der Waals surface area contributed by atoms with Crippen LogP contribution < -0.4 is 0 Å². The first-order valence-corrected chi connectivity index (χ1v) is 6.82. The maximum atomic E-state index is 12.2. The molecule has 0 N–H and O–H groups in total. The highest BCUT2D eigenvalue weighted by Crippen LogP contribution is 2.22. The molecule has 1 saturated heterocycles. The SMILES string of the molecule is CC(=O)O[C@@H](C)C(=O)C1CCCN1C(=O)OC(C)(C)C. The summed E-state index contributed by atoms with van der Waals surface area (Å²) in [5.41, 5.74) is -0.602. The van der Waals surface area contributed by atoms with Gasteiger partial charge in [-0.2, -0.15) is 0 Å². The number of carbonyl (C=O) groups is 3. The smallest absolute Gasteiger partial charge is 0.410 e. The van der Waals surface area contributed by atoms with Gasteiger partial charge in [-0.1, -0.05) is 0 Å². The predicted octanol–water partition coefficient (Wildman–Crippen LogP) is 1.91. The van der Waals surface area contributed by atoms with Gasteiger partial charge >= 0.3 is 12.1 Å². The van der Waals surface area contributed by atoms with Gasteiger partial charge in [0.05, 0.1) is 6.04 Å². The van der Waals surface area contributed by atoms with Crippen LogP contribution in [0.3, 0.4) is 0 Å². The van der Waals surface area contributed by atoms with Crippen molar-refractivity contribution in [2.45, 2.75) is 65.2 Å². The summed E-state index contributed by atoms with van der Waals surface area (Å²) in [4.78, 5) is 36.6. The molecule has 0 radical (unpaired) electrons. The van der Waals surface area contributed by atoms with E-state index in [9.17, 15) is 14.4 Å². The molecule has 0 aliphatic carbocycles. The minimum absolute atomic E-state index is 0.261. The van der Waals surface area contributed by atoms with Crippen LogP contribution >= 0.6 is 0 Å². The Kier molecular flexibility index (Phi) is 5.14. The molecule has 0 spiro atoms. The molecule has 1 heterocycles. The zero-order valence-electron chi connectivity index (χ0n) is 12.8. The lowest BCUT2D eigenvalue weighted by molar-refractivity contribution is -0.153. The number of ketones is 1. The van der Waals surface area contributed by atoms with Gasteiger partial charge in [0.15, 0.2) is 11.9 Å². The van der Waals surface area contributed by atoms with E-state index in [2.05, 4.69) is 0 Å². The monoisotopic (exact) mass is 285 g/mol. The first-order chi connectivity index (χ1) is 9.11. The zero-order valence-corrected chi connectivity index (χ0v) is 12.8. The maximum absolute atomic E-state index is 12.2. The summed E-state index contributed by atoms with van der Waals surface area (Å²) in [6.07, 6.45) is -0.0320. The number of likely N-dealkylation sites (tertiary alicyclic amines) is 1. The van der Waals surface area contributed by atoms with Crippen LogP contribution in [-0.2, 0) is 19.1 Å². The molecule has 1 unspecified atom stereocenters. The molecule has 1 fully saturated rings. The first kappa shape index (κ1) is 16.5. The highest BCUT2D eigenvalue weighted by atomic mass is 16.6. The molecular formula is C14H23NO5. The van der Waals surface area contributed by atoms with Crippen LogP contribution in [0.4, 0.5) is 4.79 Å². The summed E-state index contributed by atoms with van der Waals surface area (Å²) >= 11 is 0. The van der Waals surface area contributed by atoms with E-state index in [1.54, 1.807) is 20.8 Å². The van der Waals surface area contributed by atoms with Gasteiger partial charge in [0, 0.05) is 13.5 Å². The Morgan fingerprint density at radius 2 is 1.85 bits per heavy atom. The lowest BCUT2D eigenvalue weighted by atomic mass is 10.1. The third-order valence-electron chi connectivity index (χ3n) is 2.95. The van der Waals surface area contributed by atoms with Crippen molar-refractivity contribution in [1.29, 1.82) is 0 Å². The van der Waals surface area contributed by atoms with Crippen LogP contribution in [-0.4, -0.2) is 47.0 Å². The van der Waals surface area contributed by atoms with Crippen molar-refractivity contribution in [3.05, 3.63) is 0 Å². The molecule has 0 saturated carbocycles. The average molecular weight is 285 g/mol. The van der Waals surface area contributed by atoms with Gasteiger partial charge in [-0.15, -0.1) is 0 Å². The van der Waals surface area contributed by atoms with Crippen LogP contribution in [0.2, 0.25) is 0 Å². The van der Waals surface area contributed by atoms with E-state index in [1.807, 2.05) is 0 Å². The molecule has 1 amide bonds. The van der Waals surface area contributed by atoms with Gasteiger partial charge < -0.3 is 9.47 Å². The van der Waals surface area contributed by atoms with Crippen molar-refractivity contribution < 1.29 is 23.9 Å². The number of nitrogens with zero attached hydrogens (tertiary/aromatic N) is 1. The Labute approximate surface area is 119 Å². The second-order valence-corrected chi connectivity index (χ2v) is 5.99. The van der Waals surface area contributed by atoms with Gasteiger partial charge in [-0.3, -0.25) is 14.5 Å². The van der Waals surface area contributed by atoms with E-state index in [1.165, 1.54) is 18.7 Å². The maximum Gasteiger partial charge on any atom is 0.410 e. The molecule has 0 aromatic heterocycles. The fourth-order valence-electron chi connectivity index (χ4n) is 2.18. The molecule has 1 rings (SSSR count). The summed E-state index contributed by atoms with van der Waals surface area (Å²) in [5.74, 6) is -0.767. The average Bonchev–Trinajstić information content (AvgIpc) is 2.73. The number of esters is 1. The van der Waals surface area contributed by atoms with Crippen LogP contribution in [0.15, 0.2) is 0 Å². The Bertz CT molecular complexity index is 399. The number of carbonyl (C=O) groups excluding carboxylic acids is 3. The molecule has 114 valence electrons. The molecular weight excluding hydrogens is 262 g/mol.